The first kappa shape index (κ1) is 19.9. The lowest BCUT2D eigenvalue weighted by molar-refractivity contribution is -0.122. The summed E-state index contributed by atoms with van der Waals surface area (Å²) in [5, 5.41) is 6.32. The van der Waals surface area contributed by atoms with Crippen molar-refractivity contribution < 1.29 is 13.2 Å². The third-order valence-corrected chi connectivity index (χ3v) is 6.27. The second-order valence-corrected chi connectivity index (χ2v) is 8.48. The second kappa shape index (κ2) is 9.31. The summed E-state index contributed by atoms with van der Waals surface area (Å²) >= 11 is 0. The lowest BCUT2D eigenvalue weighted by Crippen LogP contribution is -2.35. The maximum atomic E-state index is 12.1. The average molecular weight is 368 g/mol. The highest BCUT2D eigenvalue weighted by atomic mass is 32.2. The summed E-state index contributed by atoms with van der Waals surface area (Å²) in [6.07, 6.45) is 2.89. The largest absolute Gasteiger partial charge is 0.352 e. The molecular formula is C18H29N3O3S. The van der Waals surface area contributed by atoms with Gasteiger partial charge < -0.3 is 10.6 Å². The summed E-state index contributed by atoms with van der Waals surface area (Å²) in [5.41, 5.74) is 0.885. The van der Waals surface area contributed by atoms with E-state index >= 15 is 0 Å². The average Bonchev–Trinajstić information content (AvgIpc) is 2.61. The number of hydrogen-bond donors (Lipinski definition) is 3. The lowest BCUT2D eigenvalue weighted by Gasteiger charge is -2.28. The zero-order valence-corrected chi connectivity index (χ0v) is 15.9. The monoisotopic (exact) mass is 367 g/mol. The summed E-state index contributed by atoms with van der Waals surface area (Å²) in [4.78, 5) is 12.4. The van der Waals surface area contributed by atoms with Gasteiger partial charge >= 0.3 is 0 Å². The number of piperidine rings is 1. The molecule has 25 heavy (non-hydrogen) atoms. The van der Waals surface area contributed by atoms with Crippen LogP contribution in [-0.2, 0) is 21.4 Å². The summed E-state index contributed by atoms with van der Waals surface area (Å²) in [7, 11) is -3.43. The van der Waals surface area contributed by atoms with E-state index in [2.05, 4.69) is 22.3 Å². The van der Waals surface area contributed by atoms with Gasteiger partial charge in [0.25, 0.3) is 0 Å². The van der Waals surface area contributed by atoms with Gasteiger partial charge in [0, 0.05) is 19.5 Å². The quantitative estimate of drug-likeness (QED) is 0.652. The number of sulfonamides is 1. The first-order valence-corrected chi connectivity index (χ1v) is 10.5. The fraction of sp³-hybridized carbons (Fsp3) is 0.611. The van der Waals surface area contributed by atoms with Crippen LogP contribution in [0.2, 0.25) is 0 Å². The molecule has 1 aliphatic heterocycles. The Kier molecular flexibility index (Phi) is 7.40. The Labute approximate surface area is 150 Å². The highest BCUT2D eigenvalue weighted by Gasteiger charge is 2.21. The minimum atomic E-state index is -3.43. The summed E-state index contributed by atoms with van der Waals surface area (Å²) < 4.78 is 26.2. The highest BCUT2D eigenvalue weighted by molar-refractivity contribution is 7.89. The topological polar surface area (TPSA) is 87.3 Å². The van der Waals surface area contributed by atoms with Gasteiger partial charge in [-0.15, -0.1) is 0 Å². The Bertz CT molecular complexity index is 653. The molecule has 1 aromatic rings. The molecule has 2 rings (SSSR count). The predicted octanol–water partition coefficient (Wildman–Crippen LogP) is 1.63. The molecule has 1 fully saturated rings. The minimum absolute atomic E-state index is 0.0439. The van der Waals surface area contributed by atoms with E-state index in [4.69, 9.17) is 0 Å². The van der Waals surface area contributed by atoms with E-state index in [0.717, 1.165) is 18.7 Å². The molecule has 1 heterocycles. The van der Waals surface area contributed by atoms with Crippen molar-refractivity contribution >= 4 is 15.9 Å². The van der Waals surface area contributed by atoms with Crippen LogP contribution in [0.5, 0.6) is 0 Å². The molecule has 1 aromatic carbocycles. The van der Waals surface area contributed by atoms with Crippen LogP contribution in [-0.4, -0.2) is 34.0 Å². The Morgan fingerprint density at radius 2 is 2.04 bits per heavy atom. The number of carbonyl (C=O) groups excluding carboxylic acids is 1. The first-order valence-electron chi connectivity index (χ1n) is 8.98. The van der Waals surface area contributed by atoms with E-state index < -0.39 is 10.0 Å². The Morgan fingerprint density at radius 1 is 1.32 bits per heavy atom. The van der Waals surface area contributed by atoms with Gasteiger partial charge in [-0.2, -0.15) is 0 Å². The molecule has 1 saturated heterocycles. The van der Waals surface area contributed by atoms with Gasteiger partial charge in [-0.1, -0.05) is 26.0 Å². The zero-order chi connectivity index (χ0) is 18.3. The van der Waals surface area contributed by atoms with Crippen molar-refractivity contribution in [1.82, 2.24) is 15.4 Å². The van der Waals surface area contributed by atoms with Crippen molar-refractivity contribution in [3.63, 3.8) is 0 Å². The van der Waals surface area contributed by atoms with Gasteiger partial charge in [0.05, 0.1) is 4.90 Å². The SMILES string of the molecule is CCNS(=O)(=O)c1ccc(CNC(=O)CC(C)C2CCCNC2)cc1. The van der Waals surface area contributed by atoms with Crippen molar-refractivity contribution in [2.24, 2.45) is 11.8 Å². The number of nitrogens with one attached hydrogen (secondary N) is 3. The predicted molar refractivity (Wildman–Crippen MR) is 98.5 cm³/mol. The maximum absolute atomic E-state index is 12.1. The van der Waals surface area contributed by atoms with Crippen LogP contribution < -0.4 is 15.4 Å². The lowest BCUT2D eigenvalue weighted by atomic mass is 9.85. The van der Waals surface area contributed by atoms with Crippen LogP contribution in [0.25, 0.3) is 0 Å². The molecule has 7 heteroatoms. The van der Waals surface area contributed by atoms with Gasteiger partial charge in [-0.3, -0.25) is 4.79 Å². The summed E-state index contributed by atoms with van der Waals surface area (Å²) in [6, 6.07) is 6.60. The summed E-state index contributed by atoms with van der Waals surface area (Å²) in [6.45, 7) is 6.72. The zero-order valence-electron chi connectivity index (χ0n) is 15.0. The van der Waals surface area contributed by atoms with Crippen LogP contribution >= 0.6 is 0 Å². The van der Waals surface area contributed by atoms with Crippen LogP contribution in [0.1, 0.15) is 38.7 Å². The fourth-order valence-electron chi connectivity index (χ4n) is 3.16. The second-order valence-electron chi connectivity index (χ2n) is 6.71. The van der Waals surface area contributed by atoms with Crippen molar-refractivity contribution in [1.29, 1.82) is 0 Å². The molecule has 1 aliphatic rings. The van der Waals surface area contributed by atoms with E-state index in [-0.39, 0.29) is 10.8 Å². The van der Waals surface area contributed by atoms with Crippen LogP contribution in [0.4, 0.5) is 0 Å². The van der Waals surface area contributed by atoms with Crippen LogP contribution in [0, 0.1) is 11.8 Å². The standard InChI is InChI=1S/C18H29N3O3S/c1-3-21-25(23,24)17-8-6-15(7-9-17)12-20-18(22)11-14(2)16-5-4-10-19-13-16/h6-9,14,16,19,21H,3-5,10-13H2,1-2H3,(H,20,22). The van der Waals surface area contributed by atoms with Crippen molar-refractivity contribution in [2.75, 3.05) is 19.6 Å². The molecule has 2 atom stereocenters. The van der Waals surface area contributed by atoms with Crippen molar-refractivity contribution in [3.8, 4) is 0 Å². The van der Waals surface area contributed by atoms with Gasteiger partial charge in [-0.05, 0) is 55.5 Å². The first-order chi connectivity index (χ1) is 11.9. The van der Waals surface area contributed by atoms with Gasteiger partial charge in [0.1, 0.15) is 0 Å². The van der Waals surface area contributed by atoms with Gasteiger partial charge in [0.2, 0.25) is 15.9 Å². The Balaban J connectivity index is 1.81. The third-order valence-electron chi connectivity index (χ3n) is 4.70. The number of carbonyl (C=O) groups is 1. The van der Waals surface area contributed by atoms with E-state index in [9.17, 15) is 13.2 Å². The van der Waals surface area contributed by atoms with Crippen molar-refractivity contribution in [3.05, 3.63) is 29.8 Å². The molecule has 0 aliphatic carbocycles. The normalized spacial score (nSPS) is 19.4. The van der Waals surface area contributed by atoms with E-state index in [1.165, 1.54) is 12.8 Å². The molecule has 0 spiro atoms. The molecular weight excluding hydrogens is 338 g/mol. The number of benzene rings is 1. The third kappa shape index (κ3) is 6.09. The van der Waals surface area contributed by atoms with E-state index in [1.54, 1.807) is 31.2 Å². The van der Waals surface area contributed by atoms with Gasteiger partial charge in [-0.25, -0.2) is 13.1 Å². The Hall–Kier alpha value is -1.44. The van der Waals surface area contributed by atoms with E-state index in [0.29, 0.717) is 31.3 Å². The Morgan fingerprint density at radius 3 is 2.64 bits per heavy atom. The highest BCUT2D eigenvalue weighted by Crippen LogP contribution is 2.22. The molecule has 3 N–H and O–H groups in total. The number of rotatable bonds is 8. The fourth-order valence-corrected chi connectivity index (χ4v) is 4.20. The molecule has 2 unspecified atom stereocenters. The van der Waals surface area contributed by atoms with Crippen molar-refractivity contribution in [2.45, 2.75) is 44.6 Å². The molecule has 0 saturated carbocycles. The van der Waals surface area contributed by atoms with Gasteiger partial charge in [0.15, 0.2) is 0 Å². The van der Waals surface area contributed by atoms with Crippen LogP contribution in [0.3, 0.4) is 0 Å². The molecule has 0 bridgehead atoms. The minimum Gasteiger partial charge on any atom is -0.352 e. The van der Waals surface area contributed by atoms with E-state index in [1.807, 2.05) is 0 Å². The molecule has 140 valence electrons. The maximum Gasteiger partial charge on any atom is 0.240 e. The molecule has 0 radical (unpaired) electrons. The molecule has 1 amide bonds. The number of amides is 1. The smallest absolute Gasteiger partial charge is 0.240 e. The van der Waals surface area contributed by atoms with Crippen LogP contribution in [0.15, 0.2) is 29.2 Å². The summed E-state index contributed by atoms with van der Waals surface area (Å²) in [5.74, 6) is 0.970. The molecule has 6 nitrogen and oxygen atoms in total. The number of hydrogen-bond acceptors (Lipinski definition) is 4. The molecule has 0 aromatic heterocycles.